The molecule has 2 nitrogen and oxygen atoms in total. The van der Waals surface area contributed by atoms with Crippen molar-refractivity contribution in [2.24, 2.45) is 0 Å². The molecule has 0 bridgehead atoms. The molecule has 82 valence electrons. The smallest absolute Gasteiger partial charge is 0.192 e. The Hall–Kier alpha value is -0.570. The van der Waals surface area contributed by atoms with Crippen LogP contribution in [0.25, 0.3) is 0 Å². The SMILES string of the molecule is Cc1ccc([C@@]2(C)OC[C@H](CCl)O2)cc1. The van der Waals surface area contributed by atoms with Crippen LogP contribution >= 0.6 is 11.6 Å². The zero-order valence-electron chi connectivity index (χ0n) is 9.00. The minimum absolute atomic E-state index is 0.00188. The molecular weight excluding hydrogens is 212 g/mol. The number of hydrogen-bond acceptors (Lipinski definition) is 2. The van der Waals surface area contributed by atoms with Crippen LogP contribution in [0.1, 0.15) is 18.1 Å². The second-order valence-electron chi connectivity index (χ2n) is 4.02. The fourth-order valence-corrected chi connectivity index (χ4v) is 1.87. The summed E-state index contributed by atoms with van der Waals surface area (Å²) in [4.78, 5) is 0. The first kappa shape index (κ1) is 10.9. The first-order chi connectivity index (χ1) is 7.14. The normalized spacial score (nSPS) is 30.7. The molecule has 15 heavy (non-hydrogen) atoms. The Morgan fingerprint density at radius 3 is 2.60 bits per heavy atom. The molecule has 1 aliphatic heterocycles. The summed E-state index contributed by atoms with van der Waals surface area (Å²) in [6.45, 7) is 4.56. The van der Waals surface area contributed by atoms with Gasteiger partial charge in [-0.25, -0.2) is 0 Å². The van der Waals surface area contributed by atoms with Crippen LogP contribution in [0.4, 0.5) is 0 Å². The third-order valence-corrected chi connectivity index (χ3v) is 3.03. The molecule has 1 fully saturated rings. The standard InChI is InChI=1S/C12H15ClO2/c1-9-3-5-10(6-4-9)12(2)14-8-11(7-13)15-12/h3-6,11H,7-8H2,1-2H3/t11-,12-/m0/s1. The van der Waals surface area contributed by atoms with E-state index >= 15 is 0 Å². The minimum Gasteiger partial charge on any atom is -0.343 e. The average molecular weight is 227 g/mol. The van der Waals surface area contributed by atoms with E-state index in [0.717, 1.165) is 5.56 Å². The van der Waals surface area contributed by atoms with Crippen molar-refractivity contribution in [3.8, 4) is 0 Å². The van der Waals surface area contributed by atoms with E-state index in [2.05, 4.69) is 19.1 Å². The molecule has 2 rings (SSSR count). The molecule has 1 heterocycles. The van der Waals surface area contributed by atoms with Crippen molar-refractivity contribution in [1.82, 2.24) is 0 Å². The number of alkyl halides is 1. The van der Waals surface area contributed by atoms with E-state index in [1.807, 2.05) is 19.1 Å². The lowest BCUT2D eigenvalue weighted by Gasteiger charge is -2.23. The lowest BCUT2D eigenvalue weighted by atomic mass is 10.1. The lowest BCUT2D eigenvalue weighted by molar-refractivity contribution is -0.159. The largest absolute Gasteiger partial charge is 0.343 e. The third kappa shape index (κ3) is 2.17. The number of ether oxygens (including phenoxy) is 2. The van der Waals surface area contributed by atoms with Gasteiger partial charge >= 0.3 is 0 Å². The van der Waals surface area contributed by atoms with Gasteiger partial charge in [0, 0.05) is 5.56 Å². The molecule has 0 N–H and O–H groups in total. The fourth-order valence-electron chi connectivity index (χ4n) is 1.72. The lowest BCUT2D eigenvalue weighted by Crippen LogP contribution is -2.24. The summed E-state index contributed by atoms with van der Waals surface area (Å²) < 4.78 is 11.4. The van der Waals surface area contributed by atoms with Crippen molar-refractivity contribution in [1.29, 1.82) is 0 Å². The van der Waals surface area contributed by atoms with E-state index in [1.165, 1.54) is 5.56 Å². The van der Waals surface area contributed by atoms with Crippen LogP contribution < -0.4 is 0 Å². The minimum atomic E-state index is -0.632. The van der Waals surface area contributed by atoms with Crippen molar-refractivity contribution < 1.29 is 9.47 Å². The molecule has 0 amide bonds. The molecule has 1 aliphatic rings. The van der Waals surface area contributed by atoms with Crippen LogP contribution in [0.2, 0.25) is 0 Å². The van der Waals surface area contributed by atoms with Crippen molar-refractivity contribution >= 4 is 11.6 Å². The van der Waals surface area contributed by atoms with Crippen LogP contribution in [0.15, 0.2) is 24.3 Å². The van der Waals surface area contributed by atoms with Crippen molar-refractivity contribution in [2.75, 3.05) is 12.5 Å². The van der Waals surface area contributed by atoms with Gasteiger partial charge in [-0.2, -0.15) is 0 Å². The van der Waals surface area contributed by atoms with E-state index in [1.54, 1.807) is 0 Å². The van der Waals surface area contributed by atoms with E-state index in [0.29, 0.717) is 12.5 Å². The monoisotopic (exact) mass is 226 g/mol. The van der Waals surface area contributed by atoms with Gasteiger partial charge in [-0.3, -0.25) is 0 Å². The van der Waals surface area contributed by atoms with Crippen LogP contribution in [-0.4, -0.2) is 18.6 Å². The molecule has 2 atom stereocenters. The average Bonchev–Trinajstić information content (AvgIpc) is 2.62. The molecule has 1 saturated heterocycles. The maximum atomic E-state index is 5.77. The van der Waals surface area contributed by atoms with Gasteiger partial charge in [0.2, 0.25) is 0 Å². The zero-order chi connectivity index (χ0) is 10.9. The maximum Gasteiger partial charge on any atom is 0.192 e. The van der Waals surface area contributed by atoms with Gasteiger partial charge in [0.05, 0.1) is 18.6 Å². The topological polar surface area (TPSA) is 18.5 Å². The Kier molecular flexibility index (Phi) is 3.01. The molecule has 1 aromatic carbocycles. The van der Waals surface area contributed by atoms with Crippen LogP contribution in [0.3, 0.4) is 0 Å². The van der Waals surface area contributed by atoms with E-state index in [-0.39, 0.29) is 6.10 Å². The first-order valence-electron chi connectivity index (χ1n) is 5.09. The number of hydrogen-bond donors (Lipinski definition) is 0. The second kappa shape index (κ2) is 4.12. The summed E-state index contributed by atoms with van der Waals surface area (Å²) in [6, 6.07) is 8.18. The van der Waals surface area contributed by atoms with Crippen LogP contribution in [0, 0.1) is 6.92 Å². The van der Waals surface area contributed by atoms with Gasteiger partial charge < -0.3 is 9.47 Å². The molecule has 0 aliphatic carbocycles. The molecular formula is C12H15ClO2. The Morgan fingerprint density at radius 2 is 2.07 bits per heavy atom. The van der Waals surface area contributed by atoms with Gasteiger partial charge in [-0.1, -0.05) is 29.8 Å². The molecule has 3 heteroatoms. The van der Waals surface area contributed by atoms with Crippen molar-refractivity contribution in [2.45, 2.75) is 25.7 Å². The number of benzene rings is 1. The van der Waals surface area contributed by atoms with Gasteiger partial charge in [-0.15, -0.1) is 11.6 Å². The summed E-state index contributed by atoms with van der Waals surface area (Å²) in [5.41, 5.74) is 2.27. The van der Waals surface area contributed by atoms with Gasteiger partial charge in [0.1, 0.15) is 0 Å². The predicted molar refractivity (Wildman–Crippen MR) is 60.1 cm³/mol. The number of rotatable bonds is 2. The fraction of sp³-hybridized carbons (Fsp3) is 0.500. The zero-order valence-corrected chi connectivity index (χ0v) is 9.75. The summed E-state index contributed by atoms with van der Waals surface area (Å²) >= 11 is 5.74. The van der Waals surface area contributed by atoms with E-state index in [9.17, 15) is 0 Å². The second-order valence-corrected chi connectivity index (χ2v) is 4.33. The van der Waals surface area contributed by atoms with Gasteiger partial charge in [-0.05, 0) is 13.8 Å². The summed E-state index contributed by atoms with van der Waals surface area (Å²) in [7, 11) is 0. The Morgan fingerprint density at radius 1 is 1.40 bits per heavy atom. The molecule has 0 radical (unpaired) electrons. The van der Waals surface area contributed by atoms with E-state index < -0.39 is 5.79 Å². The van der Waals surface area contributed by atoms with Gasteiger partial charge in [0.15, 0.2) is 5.79 Å². The van der Waals surface area contributed by atoms with Crippen molar-refractivity contribution in [3.63, 3.8) is 0 Å². The number of aryl methyl sites for hydroxylation is 1. The van der Waals surface area contributed by atoms with Crippen LogP contribution in [-0.2, 0) is 15.3 Å². The summed E-state index contributed by atoms with van der Waals surface area (Å²) in [6.07, 6.45) is -0.00188. The highest BCUT2D eigenvalue weighted by molar-refractivity contribution is 6.18. The highest BCUT2D eigenvalue weighted by Gasteiger charge is 2.38. The molecule has 0 spiro atoms. The number of halogens is 1. The molecule has 0 aromatic heterocycles. The summed E-state index contributed by atoms with van der Waals surface area (Å²) in [5, 5.41) is 0. The Labute approximate surface area is 95.1 Å². The van der Waals surface area contributed by atoms with Gasteiger partial charge in [0.25, 0.3) is 0 Å². The quantitative estimate of drug-likeness (QED) is 0.722. The summed E-state index contributed by atoms with van der Waals surface area (Å²) in [5.74, 6) is -0.158. The van der Waals surface area contributed by atoms with Crippen molar-refractivity contribution in [3.05, 3.63) is 35.4 Å². The molecule has 0 unspecified atom stereocenters. The highest BCUT2D eigenvalue weighted by atomic mass is 35.5. The predicted octanol–water partition coefficient (Wildman–Crippen LogP) is 2.82. The Balaban J connectivity index is 2.20. The molecule has 0 saturated carbocycles. The molecule has 1 aromatic rings. The third-order valence-electron chi connectivity index (χ3n) is 2.68. The van der Waals surface area contributed by atoms with E-state index in [4.69, 9.17) is 21.1 Å². The first-order valence-corrected chi connectivity index (χ1v) is 5.62. The maximum absolute atomic E-state index is 5.77. The Bertz CT molecular complexity index is 336. The van der Waals surface area contributed by atoms with Crippen LogP contribution in [0.5, 0.6) is 0 Å². The highest BCUT2D eigenvalue weighted by Crippen LogP contribution is 2.34.